The van der Waals surface area contributed by atoms with E-state index in [0.29, 0.717) is 10.8 Å². The zero-order valence-electron chi connectivity index (χ0n) is 13.4. The highest BCUT2D eigenvalue weighted by Gasteiger charge is 2.26. The van der Waals surface area contributed by atoms with Gasteiger partial charge in [-0.1, -0.05) is 11.6 Å². The molecule has 2 aromatic rings. The molecular weight excluding hydrogens is 328 g/mol. The quantitative estimate of drug-likeness (QED) is 0.907. The molecule has 1 saturated heterocycles. The van der Waals surface area contributed by atoms with Crippen LogP contribution in [0, 0.1) is 0 Å². The third-order valence-corrected chi connectivity index (χ3v) is 4.32. The fraction of sp³-hybridized carbons (Fsp3) is 0.375. The van der Waals surface area contributed by atoms with Gasteiger partial charge >= 0.3 is 0 Å². The van der Waals surface area contributed by atoms with Crippen LogP contribution in [0.5, 0.6) is 0 Å². The third kappa shape index (κ3) is 3.98. The van der Waals surface area contributed by atoms with Crippen LogP contribution in [-0.4, -0.2) is 58.0 Å². The van der Waals surface area contributed by atoms with E-state index in [1.807, 2.05) is 6.92 Å². The first-order valence-corrected chi connectivity index (χ1v) is 8.19. The van der Waals surface area contributed by atoms with Crippen molar-refractivity contribution in [1.82, 2.24) is 19.9 Å². The van der Waals surface area contributed by atoms with Crippen LogP contribution >= 0.6 is 11.6 Å². The number of carbonyl (C=O) groups is 1. The van der Waals surface area contributed by atoms with Gasteiger partial charge in [0.2, 0.25) is 5.91 Å². The van der Waals surface area contributed by atoms with Gasteiger partial charge in [0.25, 0.3) is 0 Å². The number of aromatic nitrogens is 3. The molecule has 1 aliphatic heterocycles. The molecule has 7 nitrogen and oxygen atoms in total. The Morgan fingerprint density at radius 1 is 1.17 bits per heavy atom. The molecule has 2 aromatic heterocycles. The second-order valence-corrected chi connectivity index (χ2v) is 6.05. The summed E-state index contributed by atoms with van der Waals surface area (Å²) in [6.45, 7) is 5.12. The highest BCUT2D eigenvalue weighted by Crippen LogP contribution is 2.15. The van der Waals surface area contributed by atoms with E-state index in [4.69, 9.17) is 11.6 Å². The molecule has 0 unspecified atom stereocenters. The Kier molecular flexibility index (Phi) is 5.22. The van der Waals surface area contributed by atoms with Crippen molar-refractivity contribution in [1.29, 1.82) is 0 Å². The maximum Gasteiger partial charge on any atom is 0.242 e. The van der Waals surface area contributed by atoms with E-state index in [0.717, 1.165) is 32.0 Å². The number of nitrogens with one attached hydrogen (secondary N) is 1. The summed E-state index contributed by atoms with van der Waals surface area (Å²) in [6.07, 6.45) is 6.63. The van der Waals surface area contributed by atoms with Gasteiger partial charge in [-0.25, -0.2) is 9.97 Å². The normalized spacial score (nSPS) is 16.7. The molecule has 8 heteroatoms. The van der Waals surface area contributed by atoms with Crippen LogP contribution in [-0.2, 0) is 4.79 Å². The van der Waals surface area contributed by atoms with Crippen LogP contribution in [0.25, 0.3) is 0 Å². The van der Waals surface area contributed by atoms with Crippen LogP contribution in [0.4, 0.5) is 11.6 Å². The van der Waals surface area contributed by atoms with Crippen molar-refractivity contribution in [2.75, 3.05) is 36.4 Å². The zero-order chi connectivity index (χ0) is 16.9. The molecule has 1 fully saturated rings. The Balaban J connectivity index is 1.53. The summed E-state index contributed by atoms with van der Waals surface area (Å²) in [6, 6.07) is 3.17. The van der Waals surface area contributed by atoms with Crippen molar-refractivity contribution in [3.8, 4) is 0 Å². The minimum absolute atomic E-state index is 0.0715. The van der Waals surface area contributed by atoms with Gasteiger partial charge < -0.3 is 10.2 Å². The van der Waals surface area contributed by atoms with E-state index in [1.165, 1.54) is 6.20 Å². The SMILES string of the molecule is C[C@@H](C(=O)Nc1ccc(Cl)cn1)N1CCN(c2cnccn2)CC1. The number of piperazine rings is 1. The van der Waals surface area contributed by atoms with E-state index < -0.39 is 0 Å². The topological polar surface area (TPSA) is 74.2 Å². The lowest BCUT2D eigenvalue weighted by molar-refractivity contribution is -0.120. The molecule has 1 atom stereocenters. The highest BCUT2D eigenvalue weighted by molar-refractivity contribution is 6.30. The zero-order valence-corrected chi connectivity index (χ0v) is 14.1. The lowest BCUT2D eigenvalue weighted by Crippen LogP contribution is -2.53. The van der Waals surface area contributed by atoms with Crippen LogP contribution in [0.15, 0.2) is 36.9 Å². The van der Waals surface area contributed by atoms with E-state index in [2.05, 4.69) is 30.1 Å². The number of amides is 1. The van der Waals surface area contributed by atoms with Crippen LogP contribution in [0.3, 0.4) is 0 Å². The lowest BCUT2D eigenvalue weighted by atomic mass is 10.2. The molecule has 24 heavy (non-hydrogen) atoms. The minimum Gasteiger partial charge on any atom is -0.353 e. The second kappa shape index (κ2) is 7.55. The number of carbonyl (C=O) groups excluding carboxylic acids is 1. The predicted octanol–water partition coefficient (Wildman–Crippen LogP) is 1.67. The molecule has 0 spiro atoms. The van der Waals surface area contributed by atoms with E-state index >= 15 is 0 Å². The molecule has 0 bridgehead atoms. The van der Waals surface area contributed by atoms with Gasteiger partial charge in [-0.2, -0.15) is 0 Å². The summed E-state index contributed by atoms with van der Waals surface area (Å²) < 4.78 is 0. The molecule has 0 aliphatic carbocycles. The van der Waals surface area contributed by atoms with Gasteiger partial charge in [0.1, 0.15) is 11.6 Å². The van der Waals surface area contributed by atoms with Crippen LogP contribution < -0.4 is 10.2 Å². The van der Waals surface area contributed by atoms with Crippen molar-refractivity contribution in [3.63, 3.8) is 0 Å². The van der Waals surface area contributed by atoms with Gasteiger partial charge in [-0.15, -0.1) is 0 Å². The summed E-state index contributed by atoms with van der Waals surface area (Å²) in [7, 11) is 0. The van der Waals surface area contributed by atoms with Gasteiger partial charge in [0.05, 0.1) is 17.3 Å². The molecule has 0 radical (unpaired) electrons. The number of nitrogens with zero attached hydrogens (tertiary/aromatic N) is 5. The van der Waals surface area contributed by atoms with Crippen LogP contribution in [0.2, 0.25) is 5.02 Å². The number of anilines is 2. The van der Waals surface area contributed by atoms with Crippen molar-refractivity contribution in [3.05, 3.63) is 41.9 Å². The average molecular weight is 347 g/mol. The number of rotatable bonds is 4. The van der Waals surface area contributed by atoms with Crippen LogP contribution in [0.1, 0.15) is 6.92 Å². The Labute approximate surface area is 145 Å². The number of hydrogen-bond acceptors (Lipinski definition) is 6. The number of pyridine rings is 1. The lowest BCUT2D eigenvalue weighted by Gasteiger charge is -2.37. The fourth-order valence-electron chi connectivity index (χ4n) is 2.64. The first-order valence-electron chi connectivity index (χ1n) is 7.81. The molecule has 126 valence electrons. The molecule has 1 amide bonds. The Hall–Kier alpha value is -2.25. The number of halogens is 1. The molecular formula is C16H19ClN6O. The minimum atomic E-state index is -0.230. The van der Waals surface area contributed by atoms with E-state index in [1.54, 1.807) is 30.7 Å². The first-order chi connectivity index (χ1) is 11.6. The molecule has 1 aliphatic rings. The molecule has 0 aromatic carbocycles. The van der Waals surface area contributed by atoms with Crippen molar-refractivity contribution >= 4 is 29.1 Å². The first kappa shape index (κ1) is 16.6. The van der Waals surface area contributed by atoms with E-state index in [-0.39, 0.29) is 11.9 Å². The summed E-state index contributed by atoms with van der Waals surface area (Å²) in [5.74, 6) is 1.31. The summed E-state index contributed by atoms with van der Waals surface area (Å²) in [5, 5.41) is 3.37. The summed E-state index contributed by atoms with van der Waals surface area (Å²) in [5.41, 5.74) is 0. The largest absolute Gasteiger partial charge is 0.353 e. The van der Waals surface area contributed by atoms with Crippen molar-refractivity contribution < 1.29 is 4.79 Å². The average Bonchev–Trinajstić information content (AvgIpc) is 2.64. The highest BCUT2D eigenvalue weighted by atomic mass is 35.5. The predicted molar refractivity (Wildman–Crippen MR) is 93.2 cm³/mol. The Bertz CT molecular complexity index is 673. The second-order valence-electron chi connectivity index (χ2n) is 5.61. The summed E-state index contributed by atoms with van der Waals surface area (Å²) >= 11 is 5.80. The third-order valence-electron chi connectivity index (χ3n) is 4.09. The monoisotopic (exact) mass is 346 g/mol. The van der Waals surface area contributed by atoms with Gasteiger partial charge in [-0.05, 0) is 19.1 Å². The standard InChI is InChI=1S/C16H19ClN6O/c1-12(16(24)21-14-3-2-13(17)10-20-14)22-6-8-23(9-7-22)15-11-18-4-5-19-15/h2-5,10-12H,6-9H2,1H3,(H,20,21,24)/t12-/m0/s1. The number of hydrogen-bond donors (Lipinski definition) is 1. The van der Waals surface area contributed by atoms with Gasteiger partial charge in [-0.3, -0.25) is 14.7 Å². The van der Waals surface area contributed by atoms with Gasteiger partial charge in [0, 0.05) is 44.8 Å². The van der Waals surface area contributed by atoms with Gasteiger partial charge in [0.15, 0.2) is 0 Å². The maximum atomic E-state index is 12.4. The maximum absolute atomic E-state index is 12.4. The smallest absolute Gasteiger partial charge is 0.242 e. The molecule has 0 saturated carbocycles. The van der Waals surface area contributed by atoms with Crippen molar-refractivity contribution in [2.45, 2.75) is 13.0 Å². The molecule has 3 heterocycles. The van der Waals surface area contributed by atoms with E-state index in [9.17, 15) is 4.79 Å². The fourth-order valence-corrected chi connectivity index (χ4v) is 2.75. The Morgan fingerprint density at radius 3 is 2.58 bits per heavy atom. The molecule has 1 N–H and O–H groups in total. The molecule has 3 rings (SSSR count). The van der Waals surface area contributed by atoms with Crippen molar-refractivity contribution in [2.24, 2.45) is 0 Å². The Morgan fingerprint density at radius 2 is 1.96 bits per heavy atom. The summed E-state index contributed by atoms with van der Waals surface area (Å²) in [4.78, 5) is 29.2.